The summed E-state index contributed by atoms with van der Waals surface area (Å²) in [5, 5.41) is 0. The molecule has 4 rings (SSSR count). The predicted molar refractivity (Wildman–Crippen MR) is 140 cm³/mol. The van der Waals surface area contributed by atoms with Gasteiger partial charge in [0.25, 0.3) is 0 Å². The Balaban J connectivity index is 0.000000657. The summed E-state index contributed by atoms with van der Waals surface area (Å²) in [7, 11) is 0. The van der Waals surface area contributed by atoms with Crippen LogP contribution in [0.15, 0.2) is 131 Å². The smallest absolute Gasteiger partial charge is 0 e. The Morgan fingerprint density at radius 2 is 0.781 bits per heavy atom. The van der Waals surface area contributed by atoms with Crippen LogP contribution in [0.3, 0.4) is 0 Å². The fraction of sp³-hybridized carbons (Fsp3) is 0. The fourth-order valence-corrected chi connectivity index (χ4v) is 3.33. The van der Waals surface area contributed by atoms with Crippen molar-refractivity contribution in [3.05, 3.63) is 142 Å². The van der Waals surface area contributed by atoms with E-state index in [9.17, 15) is 0 Å². The van der Waals surface area contributed by atoms with Crippen molar-refractivity contribution in [2.75, 3.05) is 0 Å². The van der Waals surface area contributed by atoms with Gasteiger partial charge < -0.3 is 80.8 Å². The van der Waals surface area contributed by atoms with E-state index >= 15 is 0 Å². The van der Waals surface area contributed by atoms with Crippen LogP contribution in [0.25, 0.3) is 9.81 Å². The van der Waals surface area contributed by atoms with Gasteiger partial charge in [0.05, 0.1) is 0 Å². The van der Waals surface area contributed by atoms with Crippen LogP contribution in [0.1, 0.15) is 11.1 Å². The van der Waals surface area contributed by atoms with E-state index in [2.05, 4.69) is 0 Å². The van der Waals surface area contributed by atoms with Crippen LogP contribution in [0.4, 0.5) is 0 Å². The van der Waals surface area contributed by atoms with Gasteiger partial charge in [0.2, 0.25) is 0 Å². The van der Waals surface area contributed by atoms with Crippen molar-refractivity contribution in [3.63, 3.8) is 0 Å². The zero-order chi connectivity index (χ0) is 21.6. The van der Waals surface area contributed by atoms with Gasteiger partial charge in [0, 0.05) is 33.6 Å². The second kappa shape index (κ2) is 18.0. The first-order valence-electron chi connectivity index (χ1n) is 9.22. The molecule has 0 atom stereocenters. The Morgan fingerprint density at radius 3 is 1.03 bits per heavy atom. The Kier molecular flexibility index (Phi) is 17.2. The molecular weight excluding hydrogens is 558 g/mol. The van der Waals surface area contributed by atoms with Gasteiger partial charge in [0.1, 0.15) is 0 Å². The third-order valence-electron chi connectivity index (χ3n) is 3.80. The molecule has 0 N–H and O–H groups in total. The largest absolute Gasteiger partial charge is 0.783 e. The predicted octanol–water partition coefficient (Wildman–Crippen LogP) is 6.72. The Bertz CT molecular complexity index is 888. The van der Waals surface area contributed by atoms with Crippen LogP contribution >= 0.6 is 0 Å². The van der Waals surface area contributed by atoms with Gasteiger partial charge in [-0.15, -0.1) is 0 Å². The average molecular weight is 579 g/mol. The van der Waals surface area contributed by atoms with Crippen LogP contribution in [0, 0.1) is 0 Å². The van der Waals surface area contributed by atoms with Gasteiger partial charge in [-0.3, -0.25) is 0 Å². The topological polar surface area (TPSA) is 0 Å². The number of benzene rings is 2. The van der Waals surface area contributed by atoms with Crippen LogP contribution in [0.2, 0.25) is 0 Å². The summed E-state index contributed by atoms with van der Waals surface area (Å²) >= 11 is 21.6. The van der Waals surface area contributed by atoms with E-state index < -0.39 is 0 Å². The Morgan fingerprint density at radius 1 is 0.469 bits per heavy atom. The molecule has 0 aliphatic rings. The maximum atomic E-state index is 5.40. The van der Waals surface area contributed by atoms with Gasteiger partial charge in [-0.2, -0.15) is 28.0 Å². The van der Waals surface area contributed by atoms with Crippen LogP contribution in [0.5, 0.6) is 0 Å². The van der Waals surface area contributed by atoms with E-state index in [4.69, 9.17) is 50.5 Å². The SMILES string of the molecule is [Co].[Co].[S-]C(C([S-])=C([S-])c1ccccc1)=C([S-])c1ccccc1.[cH-]1[cH-][cH-][cH-][cH-]1.c1cc[cH-]c1. The van der Waals surface area contributed by atoms with Crippen molar-refractivity contribution in [2.45, 2.75) is 0 Å². The molecular formula is C26H20Co2S4-10. The average Bonchev–Trinajstić information content (AvgIpc) is 3.57. The molecule has 0 amide bonds. The molecule has 0 saturated heterocycles. The molecule has 0 spiro atoms. The molecule has 0 heterocycles. The van der Waals surface area contributed by atoms with Crippen molar-refractivity contribution in [1.29, 1.82) is 0 Å². The van der Waals surface area contributed by atoms with Crippen molar-refractivity contribution in [2.24, 2.45) is 0 Å². The van der Waals surface area contributed by atoms with Crippen molar-refractivity contribution in [3.8, 4) is 0 Å². The molecule has 0 unspecified atom stereocenters. The monoisotopic (exact) mass is 578 g/mol. The molecule has 6 heteroatoms. The van der Waals surface area contributed by atoms with Crippen LogP contribution in [-0.4, -0.2) is 0 Å². The minimum atomic E-state index is 0. The van der Waals surface area contributed by atoms with E-state index in [1.165, 1.54) is 0 Å². The van der Waals surface area contributed by atoms with E-state index in [1.807, 2.05) is 121 Å². The first kappa shape index (κ1) is 30.5. The maximum Gasteiger partial charge on any atom is 0 e. The molecule has 0 aliphatic carbocycles. The van der Waals surface area contributed by atoms with Crippen molar-refractivity contribution >= 4 is 60.3 Å². The maximum absolute atomic E-state index is 5.40. The van der Waals surface area contributed by atoms with E-state index in [0.717, 1.165) is 11.1 Å². The van der Waals surface area contributed by atoms with Crippen molar-refractivity contribution in [1.82, 2.24) is 0 Å². The number of hydrogen-bond donors (Lipinski definition) is 0. The first-order valence-corrected chi connectivity index (χ1v) is 10.9. The molecule has 4 aromatic rings. The summed E-state index contributed by atoms with van der Waals surface area (Å²) in [4.78, 5) is 2.08. The van der Waals surface area contributed by atoms with Gasteiger partial charge in [-0.1, -0.05) is 60.7 Å². The van der Waals surface area contributed by atoms with Gasteiger partial charge in [-0.05, 0) is 11.1 Å². The summed E-state index contributed by atoms with van der Waals surface area (Å²) in [6.07, 6.45) is 0. The molecule has 176 valence electrons. The van der Waals surface area contributed by atoms with Gasteiger partial charge in [0.15, 0.2) is 0 Å². The molecule has 0 bridgehead atoms. The second-order valence-electron chi connectivity index (χ2n) is 5.97. The van der Waals surface area contributed by atoms with Gasteiger partial charge >= 0.3 is 0 Å². The zero-order valence-corrected chi connectivity index (χ0v) is 22.2. The third-order valence-corrected chi connectivity index (χ3v) is 5.89. The van der Waals surface area contributed by atoms with Crippen LogP contribution in [-0.2, 0) is 84.1 Å². The quantitative estimate of drug-likeness (QED) is 0.150. The Hall–Kier alpha value is -1.49. The molecule has 32 heavy (non-hydrogen) atoms. The molecule has 0 nitrogen and oxygen atoms in total. The molecule has 0 aromatic heterocycles. The fourth-order valence-electron chi connectivity index (χ4n) is 2.29. The van der Waals surface area contributed by atoms with Crippen molar-refractivity contribution < 1.29 is 33.6 Å². The van der Waals surface area contributed by atoms with E-state index in [-0.39, 0.29) is 33.6 Å². The Labute approximate surface area is 234 Å². The molecule has 2 radical (unpaired) electrons. The third kappa shape index (κ3) is 10.9. The first-order chi connectivity index (χ1) is 14.6. The molecule has 0 fully saturated rings. The summed E-state index contributed by atoms with van der Waals surface area (Å²) < 4.78 is 0. The summed E-state index contributed by atoms with van der Waals surface area (Å²) in [6, 6.07) is 39.2. The molecule has 0 aliphatic heterocycles. The number of hydrogen-bond acceptors (Lipinski definition) is 4. The standard InChI is InChI=1S/C16H14S4.2C5H5.2Co/c17-13(11-7-3-1-4-8-11)15(19)16(20)14(18)12-9-5-2-6-10-12;2*1-2-4-5-3-1;;/h1-10,17-20H;2*1-5H;;/q;-5;-1;;/p-4. The second-order valence-corrected chi connectivity index (χ2v) is 7.61. The summed E-state index contributed by atoms with van der Waals surface area (Å²) in [6.45, 7) is 0. The zero-order valence-electron chi connectivity index (χ0n) is 16.8. The van der Waals surface area contributed by atoms with E-state index in [1.54, 1.807) is 0 Å². The normalized spacial score (nSPS) is 10.9. The number of rotatable bonds is 3. The van der Waals surface area contributed by atoms with Crippen LogP contribution < -0.4 is 0 Å². The molecule has 4 aromatic carbocycles. The van der Waals surface area contributed by atoms with Gasteiger partial charge in [-0.25, -0.2) is 21.9 Å². The summed E-state index contributed by atoms with van der Waals surface area (Å²) in [5.41, 5.74) is 1.79. The minimum Gasteiger partial charge on any atom is -0.783 e. The van der Waals surface area contributed by atoms with E-state index in [0.29, 0.717) is 19.6 Å². The summed E-state index contributed by atoms with van der Waals surface area (Å²) in [5.74, 6) is 0. The molecule has 0 saturated carbocycles. The minimum absolute atomic E-state index is 0.